The van der Waals surface area contributed by atoms with Crippen LogP contribution in [0.15, 0.2) is 23.0 Å². The van der Waals surface area contributed by atoms with Crippen molar-refractivity contribution in [2.75, 3.05) is 7.05 Å². The van der Waals surface area contributed by atoms with Gasteiger partial charge in [0, 0.05) is 25.2 Å². The molecule has 0 aliphatic carbocycles. The average molecular weight is 173 g/mol. The molecule has 1 aliphatic heterocycles. The van der Waals surface area contributed by atoms with Gasteiger partial charge in [-0.25, -0.2) is 0 Å². The number of amides is 1. The van der Waals surface area contributed by atoms with Gasteiger partial charge in [-0.2, -0.15) is 0 Å². The van der Waals surface area contributed by atoms with Gasteiger partial charge in [0.05, 0.1) is 0 Å². The van der Waals surface area contributed by atoms with Crippen LogP contribution in [0, 0.1) is 0 Å². The fourth-order valence-corrected chi connectivity index (χ4v) is 0.976. The van der Waals surface area contributed by atoms with Gasteiger partial charge in [0.15, 0.2) is 0 Å². The average Bonchev–Trinajstić information content (AvgIpc) is 1.94. The molecule has 0 saturated carbocycles. The van der Waals surface area contributed by atoms with E-state index in [4.69, 9.17) is 17.3 Å². The molecule has 1 rings (SSSR count). The quantitative estimate of drug-likeness (QED) is 0.594. The topological polar surface area (TPSA) is 46.3 Å². The minimum atomic E-state index is -0.391. The number of primary amides is 1. The molecule has 0 spiro atoms. The molecule has 4 heteroatoms. The molecule has 1 amide bonds. The summed E-state index contributed by atoms with van der Waals surface area (Å²) in [6, 6.07) is 0. The molecule has 0 bridgehead atoms. The number of nitrogens with two attached hydrogens (primary N) is 1. The smallest absolute Gasteiger partial charge is 0.246 e. The van der Waals surface area contributed by atoms with Gasteiger partial charge in [0.25, 0.3) is 0 Å². The van der Waals surface area contributed by atoms with Gasteiger partial charge in [-0.3, -0.25) is 4.79 Å². The Labute approximate surface area is 70.1 Å². The van der Waals surface area contributed by atoms with Crippen molar-refractivity contribution in [2.45, 2.75) is 6.42 Å². The highest BCUT2D eigenvalue weighted by Crippen LogP contribution is 2.18. The number of carbonyl (C=O) groups excluding carboxylic acids is 1. The van der Waals surface area contributed by atoms with Crippen LogP contribution in [0.5, 0.6) is 0 Å². The highest BCUT2D eigenvalue weighted by Gasteiger charge is 2.11. The Kier molecular flexibility index (Phi) is 2.19. The van der Waals surface area contributed by atoms with Crippen molar-refractivity contribution in [3.8, 4) is 0 Å². The van der Waals surface area contributed by atoms with Gasteiger partial charge in [0.1, 0.15) is 5.16 Å². The Balaban J connectivity index is 2.77. The first kappa shape index (κ1) is 8.14. The van der Waals surface area contributed by atoms with Crippen molar-refractivity contribution in [2.24, 2.45) is 5.73 Å². The summed E-state index contributed by atoms with van der Waals surface area (Å²) in [6.07, 6.45) is 3.92. The summed E-state index contributed by atoms with van der Waals surface area (Å²) >= 11 is 5.73. The third-order valence-corrected chi connectivity index (χ3v) is 1.91. The number of rotatable bonds is 1. The highest BCUT2D eigenvalue weighted by atomic mass is 35.5. The van der Waals surface area contributed by atoms with Crippen LogP contribution >= 0.6 is 11.6 Å². The van der Waals surface area contributed by atoms with E-state index in [0.717, 1.165) is 0 Å². The molecule has 0 aromatic heterocycles. The van der Waals surface area contributed by atoms with Crippen LogP contribution in [0.1, 0.15) is 6.42 Å². The molecule has 0 fully saturated rings. The predicted octanol–water partition coefficient (Wildman–Crippen LogP) is 0.771. The van der Waals surface area contributed by atoms with E-state index in [1.54, 1.807) is 24.2 Å². The minimum Gasteiger partial charge on any atom is -0.366 e. The third kappa shape index (κ3) is 1.74. The van der Waals surface area contributed by atoms with Crippen LogP contribution in [0.2, 0.25) is 0 Å². The number of halogens is 1. The maximum atomic E-state index is 10.7. The van der Waals surface area contributed by atoms with Gasteiger partial charge in [0.2, 0.25) is 5.91 Å². The standard InChI is InChI=1S/C7H9ClN2O/c1-10-4-5(7(9)11)2-3-6(10)8/h3-4H,2H2,1H3,(H2,9,11). The zero-order chi connectivity index (χ0) is 8.43. The molecular formula is C7H9ClN2O. The zero-order valence-electron chi connectivity index (χ0n) is 6.17. The van der Waals surface area contributed by atoms with E-state index in [0.29, 0.717) is 17.2 Å². The van der Waals surface area contributed by atoms with E-state index in [2.05, 4.69) is 0 Å². The van der Waals surface area contributed by atoms with Crippen LogP contribution < -0.4 is 5.73 Å². The van der Waals surface area contributed by atoms with Gasteiger partial charge >= 0.3 is 0 Å². The normalized spacial score (nSPS) is 17.5. The van der Waals surface area contributed by atoms with E-state index in [1.807, 2.05) is 0 Å². The molecule has 0 radical (unpaired) electrons. The lowest BCUT2D eigenvalue weighted by atomic mass is 10.1. The lowest BCUT2D eigenvalue weighted by Gasteiger charge is -2.18. The van der Waals surface area contributed by atoms with Gasteiger partial charge < -0.3 is 10.6 Å². The summed E-state index contributed by atoms with van der Waals surface area (Å²) in [5, 5.41) is 0.620. The maximum Gasteiger partial charge on any atom is 0.246 e. The predicted molar refractivity (Wildman–Crippen MR) is 43.6 cm³/mol. The molecule has 0 unspecified atom stereocenters. The third-order valence-electron chi connectivity index (χ3n) is 1.49. The molecule has 0 saturated heterocycles. The van der Waals surface area contributed by atoms with Gasteiger partial charge in [-0.1, -0.05) is 11.6 Å². The van der Waals surface area contributed by atoms with Gasteiger partial charge in [-0.05, 0) is 6.08 Å². The first-order chi connectivity index (χ1) is 5.11. The molecule has 2 N–H and O–H groups in total. The second kappa shape index (κ2) is 2.96. The van der Waals surface area contributed by atoms with Crippen molar-refractivity contribution < 1.29 is 4.79 Å². The summed E-state index contributed by atoms with van der Waals surface area (Å²) in [5.41, 5.74) is 5.65. The summed E-state index contributed by atoms with van der Waals surface area (Å²) in [5.74, 6) is -0.391. The van der Waals surface area contributed by atoms with Crippen molar-refractivity contribution >= 4 is 17.5 Å². The lowest BCUT2D eigenvalue weighted by Crippen LogP contribution is -2.20. The first-order valence-electron chi connectivity index (χ1n) is 3.20. The second-order valence-electron chi connectivity index (χ2n) is 2.36. The summed E-state index contributed by atoms with van der Waals surface area (Å²) in [4.78, 5) is 12.3. The Hall–Kier alpha value is -0.960. The van der Waals surface area contributed by atoms with Crippen LogP contribution in [-0.4, -0.2) is 17.9 Å². The van der Waals surface area contributed by atoms with Gasteiger partial charge in [-0.15, -0.1) is 0 Å². The zero-order valence-corrected chi connectivity index (χ0v) is 6.93. The van der Waals surface area contributed by atoms with Crippen molar-refractivity contribution in [3.63, 3.8) is 0 Å². The molecule has 0 aromatic rings. The SMILES string of the molecule is CN1C=C(C(N)=O)CC=C1Cl. The van der Waals surface area contributed by atoms with Crippen LogP contribution in [0.25, 0.3) is 0 Å². The monoisotopic (exact) mass is 172 g/mol. The number of carbonyl (C=O) groups is 1. The number of hydrogen-bond donors (Lipinski definition) is 1. The van der Waals surface area contributed by atoms with E-state index in [1.165, 1.54) is 0 Å². The first-order valence-corrected chi connectivity index (χ1v) is 3.58. The van der Waals surface area contributed by atoms with Crippen LogP contribution in [0.4, 0.5) is 0 Å². The number of allylic oxidation sites excluding steroid dienone is 1. The number of nitrogens with zero attached hydrogens (tertiary/aromatic N) is 1. The number of hydrogen-bond acceptors (Lipinski definition) is 2. The Morgan fingerprint density at radius 3 is 2.91 bits per heavy atom. The molecule has 0 atom stereocenters. The summed E-state index contributed by atoms with van der Waals surface area (Å²) < 4.78 is 0. The Bertz CT molecular complexity index is 245. The minimum absolute atomic E-state index is 0.391. The second-order valence-corrected chi connectivity index (χ2v) is 2.75. The summed E-state index contributed by atoms with van der Waals surface area (Å²) in [7, 11) is 1.76. The molecule has 0 aromatic carbocycles. The lowest BCUT2D eigenvalue weighted by molar-refractivity contribution is -0.114. The molecule has 1 aliphatic rings. The van der Waals surface area contributed by atoms with E-state index < -0.39 is 5.91 Å². The van der Waals surface area contributed by atoms with Crippen molar-refractivity contribution in [3.05, 3.63) is 23.0 Å². The molecule has 1 heterocycles. The van der Waals surface area contributed by atoms with E-state index in [9.17, 15) is 4.79 Å². The van der Waals surface area contributed by atoms with E-state index >= 15 is 0 Å². The van der Waals surface area contributed by atoms with Crippen LogP contribution in [-0.2, 0) is 4.79 Å². The summed E-state index contributed by atoms with van der Waals surface area (Å²) in [6.45, 7) is 0. The Morgan fingerprint density at radius 1 is 1.82 bits per heavy atom. The molecule has 60 valence electrons. The molecular weight excluding hydrogens is 164 g/mol. The van der Waals surface area contributed by atoms with E-state index in [-0.39, 0.29) is 0 Å². The highest BCUT2D eigenvalue weighted by molar-refractivity contribution is 6.29. The van der Waals surface area contributed by atoms with Crippen molar-refractivity contribution in [1.29, 1.82) is 0 Å². The molecule has 11 heavy (non-hydrogen) atoms. The molecule has 3 nitrogen and oxygen atoms in total. The fourth-order valence-electron chi connectivity index (χ4n) is 0.851. The van der Waals surface area contributed by atoms with Crippen molar-refractivity contribution in [1.82, 2.24) is 4.90 Å². The fraction of sp³-hybridized carbons (Fsp3) is 0.286. The largest absolute Gasteiger partial charge is 0.366 e. The maximum absolute atomic E-state index is 10.7. The van der Waals surface area contributed by atoms with Crippen LogP contribution in [0.3, 0.4) is 0 Å². The Morgan fingerprint density at radius 2 is 2.45 bits per heavy atom.